The normalized spacial score (nSPS) is 14.6. The molecule has 0 atom stereocenters. The lowest BCUT2D eigenvalue weighted by Gasteiger charge is -2.12. The third kappa shape index (κ3) is 1.75. The Kier molecular flexibility index (Phi) is 2.66. The second-order valence-corrected chi connectivity index (χ2v) is 4.25. The Bertz CT molecular complexity index is 516. The van der Waals surface area contributed by atoms with E-state index in [0.29, 0.717) is 6.54 Å². The topological polar surface area (TPSA) is 55.9 Å². The van der Waals surface area contributed by atoms with Crippen molar-refractivity contribution in [2.45, 2.75) is 19.5 Å². The van der Waals surface area contributed by atoms with Crippen molar-refractivity contribution < 1.29 is 0 Å². The average Bonchev–Trinajstić information content (AvgIpc) is 2.78. The summed E-state index contributed by atoms with van der Waals surface area (Å²) in [5.41, 5.74) is 10.6. The third-order valence-electron chi connectivity index (χ3n) is 3.21. The fraction of sp³-hybridized carbons (Fsp3) is 0.308. The zero-order valence-corrected chi connectivity index (χ0v) is 9.69. The third-order valence-corrected chi connectivity index (χ3v) is 3.21. The summed E-state index contributed by atoms with van der Waals surface area (Å²) >= 11 is 0. The molecule has 1 aliphatic rings. The summed E-state index contributed by atoms with van der Waals surface area (Å²) in [7, 11) is 0. The van der Waals surface area contributed by atoms with E-state index in [1.165, 1.54) is 5.56 Å². The van der Waals surface area contributed by atoms with E-state index in [1.54, 1.807) is 0 Å². The van der Waals surface area contributed by atoms with Gasteiger partial charge in [-0.3, -0.25) is 0 Å². The Labute approximate surface area is 100 Å². The number of fused-ring (bicyclic) bond motifs is 1. The molecule has 4 nitrogen and oxygen atoms in total. The fourth-order valence-corrected chi connectivity index (χ4v) is 2.38. The van der Waals surface area contributed by atoms with Crippen molar-refractivity contribution in [1.29, 1.82) is 0 Å². The lowest BCUT2D eigenvalue weighted by atomic mass is 10.1. The van der Waals surface area contributed by atoms with Gasteiger partial charge in [0.05, 0.1) is 17.1 Å². The van der Waals surface area contributed by atoms with E-state index in [4.69, 9.17) is 5.73 Å². The summed E-state index contributed by atoms with van der Waals surface area (Å²) in [5.74, 6) is 0. The minimum absolute atomic E-state index is 0.539. The molecule has 0 radical (unpaired) electrons. The minimum atomic E-state index is 0.539. The molecule has 3 rings (SSSR count). The molecule has 1 aromatic heterocycles. The highest BCUT2D eigenvalue weighted by Crippen LogP contribution is 2.21. The average molecular weight is 228 g/mol. The molecule has 1 aromatic carbocycles. The highest BCUT2D eigenvalue weighted by atomic mass is 15.3. The van der Waals surface area contributed by atoms with Gasteiger partial charge >= 0.3 is 0 Å². The molecule has 0 unspecified atom stereocenters. The molecule has 0 saturated carbocycles. The van der Waals surface area contributed by atoms with Gasteiger partial charge in [-0.05, 0) is 25.1 Å². The molecule has 0 fully saturated rings. The van der Waals surface area contributed by atoms with Gasteiger partial charge in [-0.15, -0.1) is 0 Å². The molecule has 17 heavy (non-hydrogen) atoms. The molecule has 88 valence electrons. The van der Waals surface area contributed by atoms with Crippen LogP contribution in [0.4, 0.5) is 0 Å². The molecule has 3 N–H and O–H groups in total. The van der Waals surface area contributed by atoms with Crippen molar-refractivity contribution in [2.75, 3.05) is 6.54 Å². The van der Waals surface area contributed by atoms with Gasteiger partial charge in [-0.25, -0.2) is 4.68 Å². The van der Waals surface area contributed by atoms with Crippen LogP contribution in [-0.2, 0) is 19.5 Å². The number of rotatable bonds is 2. The van der Waals surface area contributed by atoms with Crippen LogP contribution >= 0.6 is 0 Å². The van der Waals surface area contributed by atoms with Crippen molar-refractivity contribution in [3.8, 4) is 5.69 Å². The quantitative estimate of drug-likeness (QED) is 0.805. The lowest BCUT2D eigenvalue weighted by Crippen LogP contribution is -2.23. The van der Waals surface area contributed by atoms with Crippen LogP contribution in [0, 0.1) is 0 Å². The van der Waals surface area contributed by atoms with Crippen molar-refractivity contribution in [3.63, 3.8) is 0 Å². The van der Waals surface area contributed by atoms with Crippen LogP contribution in [0.5, 0.6) is 0 Å². The lowest BCUT2D eigenvalue weighted by molar-refractivity contribution is 0.629. The van der Waals surface area contributed by atoms with E-state index < -0.39 is 0 Å². The first-order valence-electron chi connectivity index (χ1n) is 5.96. The van der Waals surface area contributed by atoms with Gasteiger partial charge in [-0.2, -0.15) is 5.10 Å². The number of aromatic nitrogens is 2. The Morgan fingerprint density at radius 2 is 2.12 bits per heavy atom. The second-order valence-electron chi connectivity index (χ2n) is 4.25. The van der Waals surface area contributed by atoms with Crippen molar-refractivity contribution >= 4 is 0 Å². The summed E-state index contributed by atoms with van der Waals surface area (Å²) < 4.78 is 1.98. The van der Waals surface area contributed by atoms with Crippen LogP contribution < -0.4 is 11.1 Å². The van der Waals surface area contributed by atoms with Gasteiger partial charge in [-0.1, -0.05) is 18.2 Å². The van der Waals surface area contributed by atoms with Crippen molar-refractivity contribution in [3.05, 3.63) is 47.3 Å². The first kappa shape index (κ1) is 10.5. The predicted octanol–water partition coefficient (Wildman–Crippen LogP) is 0.977. The molecule has 2 aromatic rings. The Morgan fingerprint density at radius 1 is 1.29 bits per heavy atom. The van der Waals surface area contributed by atoms with Crippen molar-refractivity contribution in [2.24, 2.45) is 5.73 Å². The van der Waals surface area contributed by atoms with E-state index in [-0.39, 0.29) is 0 Å². The van der Waals surface area contributed by atoms with Gasteiger partial charge in [0.1, 0.15) is 0 Å². The molecule has 0 aliphatic carbocycles. The molecular formula is C13H16N4. The number of nitrogens with two attached hydrogens (primary N) is 1. The number of hydrogen-bond donors (Lipinski definition) is 2. The maximum absolute atomic E-state index is 5.88. The maximum atomic E-state index is 5.88. The van der Waals surface area contributed by atoms with Crippen LogP contribution in [0.15, 0.2) is 30.3 Å². The van der Waals surface area contributed by atoms with Crippen LogP contribution in [-0.4, -0.2) is 16.3 Å². The molecule has 4 heteroatoms. The number of nitrogens with one attached hydrogen (secondary N) is 1. The first-order valence-corrected chi connectivity index (χ1v) is 5.96. The number of nitrogens with zero attached hydrogens (tertiary/aromatic N) is 2. The van der Waals surface area contributed by atoms with E-state index in [0.717, 1.165) is 36.6 Å². The Balaban J connectivity index is 2.14. The largest absolute Gasteiger partial charge is 0.325 e. The summed E-state index contributed by atoms with van der Waals surface area (Å²) in [5, 5.41) is 8.01. The zero-order chi connectivity index (χ0) is 11.7. The van der Waals surface area contributed by atoms with Crippen LogP contribution in [0.2, 0.25) is 0 Å². The van der Waals surface area contributed by atoms with Gasteiger partial charge in [0, 0.05) is 18.7 Å². The monoisotopic (exact) mass is 228 g/mol. The summed E-state index contributed by atoms with van der Waals surface area (Å²) in [4.78, 5) is 0. The maximum Gasteiger partial charge on any atom is 0.0802 e. The predicted molar refractivity (Wildman–Crippen MR) is 66.9 cm³/mol. The van der Waals surface area contributed by atoms with E-state index in [9.17, 15) is 0 Å². The van der Waals surface area contributed by atoms with E-state index in [2.05, 4.69) is 22.5 Å². The smallest absolute Gasteiger partial charge is 0.0802 e. The van der Waals surface area contributed by atoms with E-state index in [1.807, 2.05) is 22.9 Å². The van der Waals surface area contributed by atoms with Crippen LogP contribution in [0.1, 0.15) is 17.0 Å². The standard InChI is InChI=1S/C13H16N4/c14-8-13-11-6-7-15-9-12(11)16-17(13)10-4-2-1-3-5-10/h1-5,15H,6-9,14H2. The minimum Gasteiger partial charge on any atom is -0.325 e. The fourth-order valence-electron chi connectivity index (χ4n) is 2.38. The zero-order valence-electron chi connectivity index (χ0n) is 9.69. The van der Waals surface area contributed by atoms with Gasteiger partial charge < -0.3 is 11.1 Å². The van der Waals surface area contributed by atoms with Crippen LogP contribution in [0.3, 0.4) is 0 Å². The Hall–Kier alpha value is -1.65. The summed E-state index contributed by atoms with van der Waals surface area (Å²) in [6, 6.07) is 10.2. The summed E-state index contributed by atoms with van der Waals surface area (Å²) in [6.07, 6.45) is 1.02. The number of para-hydroxylation sites is 1. The highest BCUT2D eigenvalue weighted by Gasteiger charge is 2.19. The molecule has 0 bridgehead atoms. The molecule has 1 aliphatic heterocycles. The Morgan fingerprint density at radius 3 is 2.88 bits per heavy atom. The first-order chi connectivity index (χ1) is 8.40. The number of benzene rings is 1. The molecule has 0 spiro atoms. The molecule has 0 saturated heterocycles. The second kappa shape index (κ2) is 4.31. The van der Waals surface area contributed by atoms with Gasteiger partial charge in [0.15, 0.2) is 0 Å². The summed E-state index contributed by atoms with van der Waals surface area (Å²) in [6.45, 7) is 2.40. The van der Waals surface area contributed by atoms with Gasteiger partial charge in [0.2, 0.25) is 0 Å². The van der Waals surface area contributed by atoms with Gasteiger partial charge in [0.25, 0.3) is 0 Å². The molecule has 0 amide bonds. The van der Waals surface area contributed by atoms with E-state index >= 15 is 0 Å². The van der Waals surface area contributed by atoms with Crippen molar-refractivity contribution in [1.82, 2.24) is 15.1 Å². The number of hydrogen-bond acceptors (Lipinski definition) is 3. The van der Waals surface area contributed by atoms with Crippen LogP contribution in [0.25, 0.3) is 5.69 Å². The highest BCUT2D eigenvalue weighted by molar-refractivity contribution is 5.38. The SMILES string of the molecule is NCc1c2c(nn1-c1ccccc1)CNCC2. The molecule has 2 heterocycles. The molecular weight excluding hydrogens is 212 g/mol.